The lowest BCUT2D eigenvalue weighted by molar-refractivity contribution is -0.142. The first-order valence-corrected chi connectivity index (χ1v) is 13.4. The number of hydrogen-bond donors (Lipinski definition) is 0. The SMILES string of the molecule is COc1ccc(C2=NN(C(=O)CN(CCN3CCOCC3)C(=O)C3CC3)[C@H](c3ccc(F)cc3)C2)c(OC)c1. The van der Waals surface area contributed by atoms with Crippen LogP contribution >= 0.6 is 0 Å². The van der Waals surface area contributed by atoms with Crippen molar-refractivity contribution in [1.29, 1.82) is 0 Å². The third-order valence-corrected chi connectivity index (χ3v) is 7.49. The number of hydrogen-bond acceptors (Lipinski definition) is 7. The molecule has 2 aliphatic heterocycles. The van der Waals surface area contributed by atoms with Crippen LogP contribution in [0.5, 0.6) is 11.5 Å². The van der Waals surface area contributed by atoms with E-state index in [4.69, 9.17) is 19.3 Å². The summed E-state index contributed by atoms with van der Waals surface area (Å²) < 4.78 is 30.1. The van der Waals surface area contributed by atoms with Crippen molar-refractivity contribution in [1.82, 2.24) is 14.8 Å². The molecule has 10 heteroatoms. The zero-order valence-electron chi connectivity index (χ0n) is 22.5. The van der Waals surface area contributed by atoms with E-state index in [1.54, 1.807) is 37.3 Å². The van der Waals surface area contributed by atoms with E-state index >= 15 is 0 Å². The van der Waals surface area contributed by atoms with Crippen LogP contribution in [0.3, 0.4) is 0 Å². The van der Waals surface area contributed by atoms with Gasteiger partial charge in [-0.15, -0.1) is 0 Å². The van der Waals surface area contributed by atoms with E-state index in [9.17, 15) is 14.0 Å². The van der Waals surface area contributed by atoms with Crippen LogP contribution in [0.15, 0.2) is 47.6 Å². The highest BCUT2D eigenvalue weighted by Gasteiger charge is 2.38. The predicted molar refractivity (Wildman–Crippen MR) is 143 cm³/mol. The molecule has 2 aromatic rings. The lowest BCUT2D eigenvalue weighted by atomic mass is 9.97. The number of methoxy groups -OCH3 is 2. The monoisotopic (exact) mass is 538 g/mol. The number of halogens is 1. The Bertz CT molecular complexity index is 1210. The van der Waals surface area contributed by atoms with Gasteiger partial charge in [0, 0.05) is 50.1 Å². The van der Waals surface area contributed by atoms with Gasteiger partial charge in [-0.25, -0.2) is 9.40 Å². The highest BCUT2D eigenvalue weighted by atomic mass is 19.1. The Labute approximate surface area is 228 Å². The summed E-state index contributed by atoms with van der Waals surface area (Å²) >= 11 is 0. The molecule has 1 saturated heterocycles. The molecule has 1 aliphatic carbocycles. The minimum Gasteiger partial charge on any atom is -0.497 e. The van der Waals surface area contributed by atoms with Gasteiger partial charge in [0.05, 0.1) is 39.2 Å². The first-order valence-electron chi connectivity index (χ1n) is 13.4. The van der Waals surface area contributed by atoms with Crippen LogP contribution in [0.2, 0.25) is 0 Å². The van der Waals surface area contributed by atoms with Crippen LogP contribution < -0.4 is 9.47 Å². The number of ether oxygens (including phenoxy) is 3. The van der Waals surface area contributed by atoms with Crippen molar-refractivity contribution in [3.63, 3.8) is 0 Å². The topological polar surface area (TPSA) is 83.9 Å². The van der Waals surface area contributed by atoms with Gasteiger partial charge >= 0.3 is 0 Å². The number of rotatable bonds is 10. The molecule has 0 N–H and O–H groups in total. The van der Waals surface area contributed by atoms with Crippen molar-refractivity contribution in [3.8, 4) is 11.5 Å². The van der Waals surface area contributed by atoms with E-state index in [0.717, 1.165) is 37.1 Å². The van der Waals surface area contributed by atoms with E-state index < -0.39 is 6.04 Å². The van der Waals surface area contributed by atoms with Gasteiger partial charge in [-0.3, -0.25) is 14.5 Å². The van der Waals surface area contributed by atoms with Gasteiger partial charge in [-0.05, 0) is 42.7 Å². The number of nitrogens with zero attached hydrogens (tertiary/aromatic N) is 4. The van der Waals surface area contributed by atoms with Gasteiger partial charge in [0.1, 0.15) is 23.9 Å². The highest BCUT2D eigenvalue weighted by molar-refractivity contribution is 6.05. The minimum atomic E-state index is -0.433. The molecule has 2 aromatic carbocycles. The summed E-state index contributed by atoms with van der Waals surface area (Å²) in [6, 6.07) is 11.1. The lowest BCUT2D eigenvalue weighted by Crippen LogP contribution is -2.47. The summed E-state index contributed by atoms with van der Waals surface area (Å²) in [5.41, 5.74) is 2.19. The molecule has 2 heterocycles. The zero-order valence-corrected chi connectivity index (χ0v) is 22.5. The second-order valence-corrected chi connectivity index (χ2v) is 10.1. The summed E-state index contributed by atoms with van der Waals surface area (Å²) in [6.45, 7) is 4.08. The van der Waals surface area contributed by atoms with Gasteiger partial charge in [-0.2, -0.15) is 5.10 Å². The molecular weight excluding hydrogens is 503 g/mol. The number of amides is 2. The van der Waals surface area contributed by atoms with E-state index in [2.05, 4.69) is 4.90 Å². The second kappa shape index (κ2) is 12.1. The molecule has 9 nitrogen and oxygen atoms in total. The minimum absolute atomic E-state index is 0.00316. The lowest BCUT2D eigenvalue weighted by Gasteiger charge is -2.31. The van der Waals surface area contributed by atoms with Gasteiger partial charge in [-0.1, -0.05) is 12.1 Å². The largest absolute Gasteiger partial charge is 0.497 e. The highest BCUT2D eigenvalue weighted by Crippen LogP contribution is 2.37. The fourth-order valence-corrected chi connectivity index (χ4v) is 5.06. The molecule has 5 rings (SSSR count). The van der Waals surface area contributed by atoms with Crippen molar-refractivity contribution in [2.45, 2.75) is 25.3 Å². The Morgan fingerprint density at radius 3 is 2.49 bits per heavy atom. The first-order chi connectivity index (χ1) is 19.0. The molecule has 1 saturated carbocycles. The fourth-order valence-electron chi connectivity index (χ4n) is 5.06. The average Bonchev–Trinajstić information content (AvgIpc) is 3.73. The normalized spacial score (nSPS) is 19.5. The van der Waals surface area contributed by atoms with Crippen LogP contribution in [0.1, 0.15) is 36.4 Å². The molecule has 0 spiro atoms. The summed E-state index contributed by atoms with van der Waals surface area (Å²) in [5.74, 6) is 0.620. The number of carbonyl (C=O) groups excluding carboxylic acids is 2. The van der Waals surface area contributed by atoms with Crippen LogP contribution in [-0.4, -0.2) is 92.5 Å². The molecule has 39 heavy (non-hydrogen) atoms. The maximum atomic E-state index is 13.8. The molecule has 208 valence electrons. The van der Waals surface area contributed by atoms with Crippen molar-refractivity contribution < 1.29 is 28.2 Å². The third kappa shape index (κ3) is 6.39. The summed E-state index contributed by atoms with van der Waals surface area (Å²) in [6.07, 6.45) is 2.15. The Balaban J connectivity index is 1.40. The molecule has 0 radical (unpaired) electrons. The molecule has 1 atom stereocenters. The second-order valence-electron chi connectivity index (χ2n) is 10.1. The quantitative estimate of drug-likeness (QED) is 0.462. The first kappa shape index (κ1) is 27.1. The maximum absolute atomic E-state index is 13.8. The fraction of sp³-hybridized carbons (Fsp3) is 0.483. The van der Waals surface area contributed by atoms with Gasteiger partial charge in [0.15, 0.2) is 0 Å². The van der Waals surface area contributed by atoms with Crippen LogP contribution in [0.4, 0.5) is 4.39 Å². The summed E-state index contributed by atoms with van der Waals surface area (Å²) in [4.78, 5) is 30.9. The molecule has 0 aromatic heterocycles. The van der Waals surface area contributed by atoms with Crippen molar-refractivity contribution in [2.24, 2.45) is 11.0 Å². The zero-order chi connectivity index (χ0) is 27.4. The Morgan fingerprint density at radius 1 is 1.08 bits per heavy atom. The maximum Gasteiger partial charge on any atom is 0.262 e. The number of morpholine rings is 1. The van der Waals surface area contributed by atoms with E-state index in [1.807, 2.05) is 12.1 Å². The smallest absolute Gasteiger partial charge is 0.262 e. The van der Waals surface area contributed by atoms with Gasteiger partial charge in [0.25, 0.3) is 5.91 Å². The Hall–Kier alpha value is -3.50. The molecule has 0 bridgehead atoms. The molecule has 3 aliphatic rings. The van der Waals surface area contributed by atoms with Crippen LogP contribution in [0.25, 0.3) is 0 Å². The Morgan fingerprint density at radius 2 is 1.82 bits per heavy atom. The van der Waals surface area contributed by atoms with E-state index in [-0.39, 0.29) is 30.1 Å². The molecule has 0 unspecified atom stereocenters. The Kier molecular flexibility index (Phi) is 8.42. The van der Waals surface area contributed by atoms with Crippen LogP contribution in [0, 0.1) is 11.7 Å². The van der Waals surface area contributed by atoms with Gasteiger partial charge < -0.3 is 19.1 Å². The van der Waals surface area contributed by atoms with Crippen LogP contribution in [-0.2, 0) is 14.3 Å². The molecule has 2 fully saturated rings. The van der Waals surface area contributed by atoms with E-state index in [1.165, 1.54) is 17.1 Å². The molecular formula is C29H35FN4O5. The van der Waals surface area contributed by atoms with E-state index in [0.29, 0.717) is 49.9 Å². The standard InChI is InChI=1S/C29H35FN4O5/c1-37-23-9-10-24(27(17-23)38-2)25-18-26(20-5-7-22(30)8-6-20)34(31-25)28(35)19-33(29(36)21-3-4-21)12-11-32-13-15-39-16-14-32/h5-10,17,21,26H,3-4,11-16,18-19H2,1-2H3/t26-/m0/s1. The van der Waals surface area contributed by atoms with Crippen molar-refractivity contribution in [2.75, 3.05) is 60.2 Å². The number of benzene rings is 2. The summed E-state index contributed by atoms with van der Waals surface area (Å²) in [7, 11) is 3.16. The van der Waals surface area contributed by atoms with Gasteiger partial charge in [0.2, 0.25) is 5.91 Å². The average molecular weight is 539 g/mol. The summed E-state index contributed by atoms with van der Waals surface area (Å²) in [5, 5.41) is 6.20. The number of hydrazone groups is 1. The predicted octanol–water partition coefficient (Wildman–Crippen LogP) is 3.09. The van der Waals surface area contributed by atoms with Crippen molar-refractivity contribution >= 4 is 17.5 Å². The molecule has 2 amide bonds. The number of carbonyl (C=O) groups is 2. The third-order valence-electron chi connectivity index (χ3n) is 7.49. The van der Waals surface area contributed by atoms with Crippen molar-refractivity contribution in [3.05, 3.63) is 59.4 Å².